The van der Waals surface area contributed by atoms with Crippen LogP contribution in [-0.2, 0) is 22.2 Å². The van der Waals surface area contributed by atoms with Gasteiger partial charge in [0, 0.05) is 0 Å². The van der Waals surface area contributed by atoms with Crippen molar-refractivity contribution in [1.29, 1.82) is 0 Å². The largest absolute Gasteiger partial charge is 0.416 e. The number of carbonyl (C=O) groups excluding carboxylic acids is 2. The summed E-state index contributed by atoms with van der Waals surface area (Å²) in [5.41, 5.74) is 4.73. The van der Waals surface area contributed by atoms with Crippen molar-refractivity contribution in [2.24, 2.45) is 5.73 Å². The number of nitrogens with two attached hydrogens (primary N) is 1. The van der Waals surface area contributed by atoms with Crippen LogP contribution in [0.2, 0.25) is 0 Å². The van der Waals surface area contributed by atoms with Crippen LogP contribution < -0.4 is 11.1 Å². The predicted octanol–water partition coefficient (Wildman–Crippen LogP) is 1.63. The first-order chi connectivity index (χ1) is 9.24. The van der Waals surface area contributed by atoms with Crippen LogP contribution in [0.5, 0.6) is 0 Å². The summed E-state index contributed by atoms with van der Waals surface area (Å²) < 4.78 is 37.1. The highest BCUT2D eigenvalue weighted by molar-refractivity contribution is 5.87. The van der Waals surface area contributed by atoms with Gasteiger partial charge in [-0.25, -0.2) is 0 Å². The molecule has 1 aromatic carbocycles. The summed E-state index contributed by atoms with van der Waals surface area (Å²) in [7, 11) is 0. The predicted molar refractivity (Wildman–Crippen MR) is 66.6 cm³/mol. The molecule has 0 aliphatic heterocycles. The van der Waals surface area contributed by atoms with E-state index in [1.54, 1.807) is 6.92 Å². The van der Waals surface area contributed by atoms with Gasteiger partial charge < -0.3 is 11.1 Å². The molecule has 0 heterocycles. The smallest absolute Gasteiger partial charge is 0.368 e. The van der Waals surface area contributed by atoms with Gasteiger partial charge in [0.25, 0.3) is 0 Å². The zero-order valence-corrected chi connectivity index (χ0v) is 10.8. The summed E-state index contributed by atoms with van der Waals surface area (Å²) >= 11 is 0. The number of amides is 2. The topological polar surface area (TPSA) is 72.2 Å². The Morgan fingerprint density at radius 3 is 2.20 bits per heavy atom. The van der Waals surface area contributed by atoms with Crippen LogP contribution in [0.4, 0.5) is 13.2 Å². The van der Waals surface area contributed by atoms with E-state index in [1.165, 1.54) is 12.1 Å². The van der Waals surface area contributed by atoms with Crippen molar-refractivity contribution in [3.8, 4) is 0 Å². The quantitative estimate of drug-likeness (QED) is 0.864. The molecular weight excluding hydrogens is 273 g/mol. The molecule has 0 aromatic heterocycles. The van der Waals surface area contributed by atoms with Crippen molar-refractivity contribution in [2.75, 3.05) is 0 Å². The standard InChI is InChI=1S/C13H15F3N2O2/c1-2-10(12(17)20)18-11(19)7-8-3-5-9(6-4-8)13(14,15)16/h3-6,10H,2,7H2,1H3,(H2,17,20)(H,18,19)/t10-/m1/s1. The lowest BCUT2D eigenvalue weighted by Crippen LogP contribution is -2.44. The molecule has 110 valence electrons. The Morgan fingerprint density at radius 2 is 1.80 bits per heavy atom. The van der Waals surface area contributed by atoms with Gasteiger partial charge in [-0.15, -0.1) is 0 Å². The molecule has 0 saturated heterocycles. The van der Waals surface area contributed by atoms with E-state index in [9.17, 15) is 22.8 Å². The first-order valence-electron chi connectivity index (χ1n) is 5.99. The molecular formula is C13H15F3N2O2. The highest BCUT2D eigenvalue weighted by atomic mass is 19.4. The summed E-state index contributed by atoms with van der Waals surface area (Å²) in [5.74, 6) is -1.11. The Labute approximate surface area is 114 Å². The molecule has 0 bridgehead atoms. The zero-order valence-electron chi connectivity index (χ0n) is 10.8. The van der Waals surface area contributed by atoms with Crippen molar-refractivity contribution in [2.45, 2.75) is 32.0 Å². The van der Waals surface area contributed by atoms with Crippen molar-refractivity contribution in [3.63, 3.8) is 0 Å². The van der Waals surface area contributed by atoms with Crippen molar-refractivity contribution in [3.05, 3.63) is 35.4 Å². The van der Waals surface area contributed by atoms with Crippen LogP contribution >= 0.6 is 0 Å². The number of primary amides is 1. The van der Waals surface area contributed by atoms with Crippen molar-refractivity contribution >= 4 is 11.8 Å². The van der Waals surface area contributed by atoms with E-state index in [0.29, 0.717) is 12.0 Å². The first kappa shape index (κ1) is 16.0. The second kappa shape index (κ2) is 6.40. The number of carbonyl (C=O) groups is 2. The summed E-state index contributed by atoms with van der Waals surface area (Å²) in [6, 6.07) is 3.51. The monoisotopic (exact) mass is 288 g/mol. The first-order valence-corrected chi connectivity index (χ1v) is 5.99. The molecule has 1 rings (SSSR count). The Balaban J connectivity index is 2.65. The lowest BCUT2D eigenvalue weighted by atomic mass is 10.1. The average molecular weight is 288 g/mol. The minimum atomic E-state index is -4.40. The molecule has 0 saturated carbocycles. The van der Waals surface area contributed by atoms with E-state index in [2.05, 4.69) is 5.32 Å². The molecule has 20 heavy (non-hydrogen) atoms. The Morgan fingerprint density at radius 1 is 1.25 bits per heavy atom. The Bertz CT molecular complexity index is 483. The molecule has 0 fully saturated rings. The van der Waals surface area contributed by atoms with E-state index < -0.39 is 29.6 Å². The second-order valence-corrected chi connectivity index (χ2v) is 4.30. The third kappa shape index (κ3) is 4.56. The van der Waals surface area contributed by atoms with Crippen LogP contribution in [0.25, 0.3) is 0 Å². The van der Waals surface area contributed by atoms with Gasteiger partial charge in [0.15, 0.2) is 0 Å². The van der Waals surface area contributed by atoms with Gasteiger partial charge >= 0.3 is 6.18 Å². The molecule has 0 unspecified atom stereocenters. The van der Waals surface area contributed by atoms with Gasteiger partial charge in [-0.1, -0.05) is 19.1 Å². The lowest BCUT2D eigenvalue weighted by Gasteiger charge is -2.13. The number of rotatable bonds is 5. The molecule has 7 heteroatoms. The van der Waals surface area contributed by atoms with Gasteiger partial charge in [-0.05, 0) is 24.1 Å². The number of hydrogen-bond acceptors (Lipinski definition) is 2. The number of nitrogens with one attached hydrogen (secondary N) is 1. The number of alkyl halides is 3. The third-order valence-corrected chi connectivity index (χ3v) is 2.73. The van der Waals surface area contributed by atoms with Crippen LogP contribution in [0, 0.1) is 0 Å². The Kier molecular flexibility index (Phi) is 5.12. The van der Waals surface area contributed by atoms with Crippen LogP contribution in [-0.4, -0.2) is 17.9 Å². The summed E-state index contributed by atoms with van der Waals surface area (Å²) in [4.78, 5) is 22.6. The lowest BCUT2D eigenvalue weighted by molar-refractivity contribution is -0.137. The maximum atomic E-state index is 12.4. The number of halogens is 3. The number of hydrogen-bond donors (Lipinski definition) is 2. The van der Waals surface area contributed by atoms with Crippen LogP contribution in [0.1, 0.15) is 24.5 Å². The Hall–Kier alpha value is -2.05. The highest BCUT2D eigenvalue weighted by Gasteiger charge is 2.30. The summed E-state index contributed by atoms with van der Waals surface area (Å²) in [6.07, 6.45) is -4.16. The molecule has 0 aliphatic carbocycles. The van der Waals surface area contributed by atoms with Crippen molar-refractivity contribution in [1.82, 2.24) is 5.32 Å². The van der Waals surface area contributed by atoms with E-state index in [0.717, 1.165) is 12.1 Å². The third-order valence-electron chi connectivity index (χ3n) is 2.73. The summed E-state index contributed by atoms with van der Waals surface area (Å²) in [5, 5.41) is 2.42. The molecule has 0 spiro atoms. The van der Waals surface area contributed by atoms with Gasteiger partial charge in [0.05, 0.1) is 12.0 Å². The molecule has 0 aliphatic rings. The van der Waals surface area contributed by atoms with E-state index in [4.69, 9.17) is 5.73 Å². The zero-order chi connectivity index (χ0) is 15.3. The van der Waals surface area contributed by atoms with E-state index in [1.807, 2.05) is 0 Å². The minimum Gasteiger partial charge on any atom is -0.368 e. The van der Waals surface area contributed by atoms with Gasteiger partial charge in [-0.3, -0.25) is 9.59 Å². The maximum absolute atomic E-state index is 12.4. The molecule has 1 atom stereocenters. The van der Waals surface area contributed by atoms with E-state index in [-0.39, 0.29) is 6.42 Å². The molecule has 0 radical (unpaired) electrons. The average Bonchev–Trinajstić information content (AvgIpc) is 2.35. The fourth-order valence-electron chi connectivity index (χ4n) is 1.62. The minimum absolute atomic E-state index is 0.109. The molecule has 3 N–H and O–H groups in total. The fourth-order valence-corrected chi connectivity index (χ4v) is 1.62. The van der Waals surface area contributed by atoms with Gasteiger partial charge in [0.2, 0.25) is 11.8 Å². The summed E-state index contributed by atoms with van der Waals surface area (Å²) in [6.45, 7) is 1.69. The van der Waals surface area contributed by atoms with Gasteiger partial charge in [-0.2, -0.15) is 13.2 Å². The van der Waals surface area contributed by atoms with Crippen molar-refractivity contribution < 1.29 is 22.8 Å². The molecule has 4 nitrogen and oxygen atoms in total. The fraction of sp³-hybridized carbons (Fsp3) is 0.385. The van der Waals surface area contributed by atoms with Crippen LogP contribution in [0.15, 0.2) is 24.3 Å². The maximum Gasteiger partial charge on any atom is 0.416 e. The van der Waals surface area contributed by atoms with Crippen LogP contribution in [0.3, 0.4) is 0 Å². The normalized spacial score (nSPS) is 12.8. The van der Waals surface area contributed by atoms with E-state index >= 15 is 0 Å². The molecule has 1 aromatic rings. The number of benzene rings is 1. The van der Waals surface area contributed by atoms with Gasteiger partial charge in [0.1, 0.15) is 6.04 Å². The molecule has 2 amide bonds. The second-order valence-electron chi connectivity index (χ2n) is 4.30. The SMILES string of the molecule is CC[C@@H](NC(=O)Cc1ccc(C(F)(F)F)cc1)C(N)=O. The highest BCUT2D eigenvalue weighted by Crippen LogP contribution is 2.29.